The first kappa shape index (κ1) is 118. The zero-order valence-corrected chi connectivity index (χ0v) is 81.5. The standard InChI is InChI=1S/C38H64O49S7.9Na/c1-64-15-12(9-72-88(43,44)45)76-35(27(68-5)18(15)65-2)80-21-19(66-3)28(69-6)37(82-25(21)32(39)40)79-17-14(11-74-90(49,50)51)77-38(31(87-94(61,62)63)24(17)85-92(55,56)57)81-22-20(67-4)29(70-7)36(83-26(22)33(41)42)78-16-13(10-73-89(46,47)48)75-34(71-8)30(86-93(58,59)60)23(16)84-91(52,53)54;;;;;;;;;/h12-31,34-38H,9-11H2,1-8H3,(H,39,40)(H,41,42)(H,43,44,45)(H,46,47,48)(H,49,50,51)(H,52,53,54)(H,55,56,57)(H,58,59,60)(H,61,62,63);;;;;;;;;/t12-,13-,14-,15-,16-,17-,18+,19+,20+,21+,22+,23+,24+,25+,26-,27-,28-,29-,30-,31-,34+,35-,36-,37-,38-;;;;;;;;;/m1........./s1. The van der Waals surface area contributed by atoms with Gasteiger partial charge >= 0.3 is 84.7 Å². The van der Waals surface area contributed by atoms with Gasteiger partial charge in [0.25, 0.3) is 0 Å². The van der Waals surface area contributed by atoms with Crippen molar-refractivity contribution in [1.29, 1.82) is 0 Å². The van der Waals surface area contributed by atoms with Crippen LogP contribution < -0.4 is 0 Å². The van der Waals surface area contributed by atoms with E-state index in [4.69, 9.17) is 88.9 Å². The average Bonchev–Trinajstić information content (AvgIpc) is 0.762. The fourth-order valence-corrected chi connectivity index (χ4v) is 13.1. The van der Waals surface area contributed by atoms with E-state index < -0.39 is 258 Å². The third-order valence-electron chi connectivity index (χ3n) is 13.6. The Balaban J connectivity index is -0.00000356. The van der Waals surface area contributed by atoms with E-state index in [-0.39, 0.29) is 266 Å². The second-order valence-corrected chi connectivity index (χ2v) is 26.8. The SMILES string of the molecule is CO[C@H]1O[C@H](COS(=O)(=O)O)[C@@H](O[C@@H]2O[C@@H](C(=O)O)[C@@H](O[C@H]3O[C@H](COS(=O)(=O)O)[C@@H](O[C@@H]4O[C@H](C(=O)O)[C@@H](O[C@H]5O[C@H](COS(=O)(=O)O)[C@@H](OC)[C@H](OC)[C@H]5OC)[C@H](OC)[C@H]4OC)[C@H](OS(=O)(=O)O)[C@H]3OS(=O)(=O)O)[C@H](OC)[C@H]2OC)[C@H](OS(=O)(=O)O)[C@H]1OS(=O)(=O)O.[Na].[Na].[Na].[Na].[Na].[Na].[Na].[Na].[Na]. The van der Waals surface area contributed by atoms with Crippen LogP contribution in [0, 0.1) is 0 Å². The molecule has 5 aliphatic heterocycles. The van der Waals surface area contributed by atoms with Gasteiger partial charge in [-0.2, -0.15) is 58.9 Å². The summed E-state index contributed by atoms with van der Waals surface area (Å²) in [5.41, 5.74) is 0. The minimum atomic E-state index is -6.20. The molecule has 0 spiro atoms. The molecule has 0 aromatic carbocycles. The van der Waals surface area contributed by atoms with E-state index in [1.54, 1.807) is 0 Å². The van der Waals surface area contributed by atoms with Crippen molar-refractivity contribution in [2.75, 3.05) is 76.7 Å². The maximum Gasteiger partial charge on any atom is 0.397 e. The van der Waals surface area contributed by atoms with Crippen LogP contribution in [0.25, 0.3) is 0 Å². The Morgan fingerprint density at radius 1 is 0.262 bits per heavy atom. The topological polar surface area (TPSA) is 677 Å². The van der Waals surface area contributed by atoms with Crippen LogP contribution in [-0.2, 0) is 192 Å². The number of ether oxygens (including phenoxy) is 17. The van der Waals surface area contributed by atoms with E-state index in [9.17, 15) is 111 Å². The molecule has 0 aromatic heterocycles. The van der Waals surface area contributed by atoms with Crippen LogP contribution in [0.2, 0.25) is 0 Å². The second kappa shape index (κ2) is 51.1. The molecular formula is C38H64Na9O49S7. The van der Waals surface area contributed by atoms with Gasteiger partial charge in [-0.25, -0.2) is 38.9 Å². The third-order valence-corrected chi connectivity index (χ3v) is 16.8. The van der Waals surface area contributed by atoms with E-state index in [1.807, 2.05) is 0 Å². The zero-order chi connectivity index (χ0) is 71.2. The van der Waals surface area contributed by atoms with Gasteiger partial charge in [-0.3, -0.25) is 31.9 Å². The Morgan fingerprint density at radius 2 is 0.476 bits per heavy atom. The summed E-state index contributed by atoms with van der Waals surface area (Å²) in [6, 6.07) is 0. The molecule has 0 unspecified atom stereocenters. The van der Waals surface area contributed by atoms with E-state index in [1.165, 1.54) is 0 Å². The summed E-state index contributed by atoms with van der Waals surface area (Å²) >= 11 is 0. The van der Waals surface area contributed by atoms with Crippen LogP contribution in [0.4, 0.5) is 0 Å². The van der Waals surface area contributed by atoms with Crippen LogP contribution in [0.3, 0.4) is 0 Å². The molecule has 5 saturated heterocycles. The van der Waals surface area contributed by atoms with Crippen LogP contribution >= 0.6 is 0 Å². The minimum Gasteiger partial charge on any atom is -0.479 e. The molecule has 9 N–H and O–H groups in total. The number of hydrogen-bond acceptors (Lipinski definition) is 40. The predicted molar refractivity (Wildman–Crippen MR) is 331 cm³/mol. The van der Waals surface area contributed by atoms with Gasteiger partial charge in [-0.05, 0) is 0 Å². The fourth-order valence-electron chi connectivity index (χ4n) is 10.2. The van der Waals surface area contributed by atoms with Crippen LogP contribution in [0.1, 0.15) is 0 Å². The number of hydrogen-bond donors (Lipinski definition) is 9. The third kappa shape index (κ3) is 36.1. The summed E-state index contributed by atoms with van der Waals surface area (Å²) in [5.74, 6) is -4.28. The second-order valence-electron chi connectivity index (χ2n) is 19.3. The van der Waals surface area contributed by atoms with Crippen molar-refractivity contribution >= 4 is 351 Å². The molecule has 0 aliphatic carbocycles. The molecule has 49 nitrogen and oxygen atoms in total. The van der Waals surface area contributed by atoms with Crippen molar-refractivity contribution in [3.8, 4) is 0 Å². The monoisotopic (exact) mass is 1730 g/mol. The van der Waals surface area contributed by atoms with Crippen molar-refractivity contribution in [1.82, 2.24) is 0 Å². The molecule has 5 rings (SSSR count). The first-order valence-corrected chi connectivity index (χ1v) is 34.9. The summed E-state index contributed by atoms with van der Waals surface area (Å²) < 4.78 is 366. The van der Waals surface area contributed by atoms with Crippen molar-refractivity contribution in [2.45, 2.75) is 154 Å². The largest absolute Gasteiger partial charge is 0.479 e. The Labute approximate surface area is 788 Å². The van der Waals surface area contributed by atoms with Gasteiger partial charge in [-0.15, -0.1) is 0 Å². The van der Waals surface area contributed by atoms with Crippen molar-refractivity contribution in [2.24, 2.45) is 0 Å². The molecule has 5 fully saturated rings. The number of rotatable bonds is 35. The van der Waals surface area contributed by atoms with E-state index in [2.05, 4.69) is 20.9 Å². The number of carboxylic acid groups (broad SMARTS) is 2. The van der Waals surface area contributed by atoms with E-state index in [0.29, 0.717) is 14.2 Å². The van der Waals surface area contributed by atoms with Crippen molar-refractivity contribution < 1.29 is 220 Å². The quantitative estimate of drug-likeness (QED) is 0.0210. The molecule has 5 aliphatic rings. The number of carbonyl (C=O) groups is 2. The molecule has 0 amide bonds. The summed E-state index contributed by atoms with van der Waals surface area (Å²) in [7, 11) is -33.4. The van der Waals surface area contributed by atoms with E-state index in [0.717, 1.165) is 42.7 Å². The van der Waals surface area contributed by atoms with Crippen LogP contribution in [0.5, 0.6) is 0 Å². The van der Waals surface area contributed by atoms with Crippen LogP contribution in [0.15, 0.2) is 0 Å². The van der Waals surface area contributed by atoms with Gasteiger partial charge < -0.3 is 90.7 Å². The van der Waals surface area contributed by atoms with Gasteiger partial charge in [-0.1, -0.05) is 0 Å². The van der Waals surface area contributed by atoms with E-state index >= 15 is 0 Å². The smallest absolute Gasteiger partial charge is 0.397 e. The first-order chi connectivity index (χ1) is 43.2. The summed E-state index contributed by atoms with van der Waals surface area (Å²) in [4.78, 5) is 26.6. The van der Waals surface area contributed by atoms with Gasteiger partial charge in [0.15, 0.2) is 55.9 Å². The number of carboxylic acids is 2. The molecular weight excluding hydrogens is 1670 g/mol. The summed E-state index contributed by atoms with van der Waals surface area (Å²) in [6.07, 6.45) is -58.8. The molecule has 65 heteroatoms. The van der Waals surface area contributed by atoms with Gasteiger partial charge in [0.05, 0.1) is 19.8 Å². The molecule has 561 valence electrons. The molecule has 0 aromatic rings. The van der Waals surface area contributed by atoms with Crippen LogP contribution in [-0.4, -0.2) is 609 Å². The maximum atomic E-state index is 13.3. The molecule has 9 radical (unpaired) electrons. The summed E-state index contributed by atoms with van der Waals surface area (Å²) in [6.45, 7) is -4.33. The van der Waals surface area contributed by atoms with Gasteiger partial charge in [0, 0.05) is 323 Å². The molecule has 25 atom stereocenters. The maximum absolute atomic E-state index is 13.3. The molecule has 0 bridgehead atoms. The minimum absolute atomic E-state index is 0. The number of aliphatic carboxylic acids is 2. The summed E-state index contributed by atoms with van der Waals surface area (Å²) in [5, 5.41) is 21.4. The average molecular weight is 1740 g/mol. The number of methoxy groups -OCH3 is 8. The Morgan fingerprint density at radius 3 is 0.718 bits per heavy atom. The van der Waals surface area contributed by atoms with Crippen molar-refractivity contribution in [3.05, 3.63) is 0 Å². The Hall–Kier alpha value is 6.35. The van der Waals surface area contributed by atoms with Gasteiger partial charge in [0.2, 0.25) is 0 Å². The fraction of sp³-hybridized carbons (Fsp3) is 0.947. The molecule has 103 heavy (non-hydrogen) atoms. The Bertz CT molecular complexity index is 3380. The van der Waals surface area contributed by atoms with Gasteiger partial charge in [0.1, 0.15) is 97.7 Å². The zero-order valence-electron chi connectivity index (χ0n) is 57.8. The normalized spacial score (nSPS) is 34.3. The first-order valence-electron chi connectivity index (χ1n) is 25.3. The predicted octanol–water partition coefficient (Wildman–Crippen LogP) is -11.1. The van der Waals surface area contributed by atoms with Crippen molar-refractivity contribution in [3.63, 3.8) is 0 Å². The molecule has 0 saturated carbocycles. The Kier molecular flexibility index (Phi) is 58.5. The molecule has 5 heterocycles.